The largest absolute Gasteiger partial charge is 0.366 e. The predicted octanol–water partition coefficient (Wildman–Crippen LogP) is 4.09. The molecular weight excluding hydrogens is 612 g/mol. The van der Waals surface area contributed by atoms with Crippen molar-refractivity contribution < 1.29 is 22.0 Å². The Morgan fingerprint density at radius 3 is 2.30 bits per heavy atom. The van der Waals surface area contributed by atoms with Gasteiger partial charge in [0.25, 0.3) is 0 Å². The second kappa shape index (κ2) is 13.2. The fourth-order valence-electron chi connectivity index (χ4n) is 5.76. The molecule has 3 aromatic carbocycles. The first-order chi connectivity index (χ1) is 22.2. The summed E-state index contributed by atoms with van der Waals surface area (Å²) in [5.41, 5.74) is 2.91. The average molecular weight is 644 g/mol. The first-order valence-electron chi connectivity index (χ1n) is 14.9. The molecule has 0 unspecified atom stereocenters. The molecule has 4 aromatic rings. The normalized spacial score (nSPS) is 17.1. The summed E-state index contributed by atoms with van der Waals surface area (Å²) in [4.78, 5) is 26.8. The molecule has 6 rings (SSSR count). The monoisotopic (exact) mass is 643 g/mol. The molecule has 0 bridgehead atoms. The van der Waals surface area contributed by atoms with Crippen molar-refractivity contribution in [2.75, 3.05) is 42.5 Å². The first kappa shape index (κ1) is 31.1. The molecule has 13 heteroatoms. The van der Waals surface area contributed by atoms with E-state index in [9.17, 15) is 27.3 Å². The summed E-state index contributed by atoms with van der Waals surface area (Å²) in [7, 11) is -4.01. The Balaban J connectivity index is 1.21. The first-order valence-corrected chi connectivity index (χ1v) is 16.3. The van der Waals surface area contributed by atoms with Crippen LogP contribution in [-0.2, 0) is 21.4 Å². The van der Waals surface area contributed by atoms with E-state index in [1.165, 1.54) is 18.2 Å². The lowest BCUT2D eigenvalue weighted by molar-refractivity contribution is -0.124. The van der Waals surface area contributed by atoms with Crippen LogP contribution in [0.2, 0.25) is 0 Å². The molecule has 1 amide bonds. The summed E-state index contributed by atoms with van der Waals surface area (Å²) < 4.78 is 55.6. The SMILES string of the molecule is N#Cc1ccc(-c2cc(CNC(=O)[C@@H]3CCCN3S(=O)(=O)c3ccc(F)cc3)nc(N3CCN(c4ccccc4F)CC3)n2)cc1. The van der Waals surface area contributed by atoms with Crippen LogP contribution in [-0.4, -0.2) is 67.4 Å². The molecule has 2 fully saturated rings. The molecule has 0 spiro atoms. The van der Waals surface area contributed by atoms with Gasteiger partial charge in [0.1, 0.15) is 17.7 Å². The number of nitriles is 1. The average Bonchev–Trinajstić information content (AvgIpc) is 3.59. The van der Waals surface area contributed by atoms with Crippen LogP contribution in [0.25, 0.3) is 11.3 Å². The molecular formula is C33H31F2N7O3S. The number of piperazine rings is 1. The maximum atomic E-state index is 14.4. The molecule has 2 aliphatic heterocycles. The number of amides is 1. The Labute approximate surface area is 266 Å². The van der Waals surface area contributed by atoms with E-state index in [1.807, 2.05) is 9.80 Å². The van der Waals surface area contributed by atoms with Crippen molar-refractivity contribution in [1.29, 1.82) is 5.26 Å². The molecule has 10 nitrogen and oxygen atoms in total. The van der Waals surface area contributed by atoms with Crippen LogP contribution < -0.4 is 15.1 Å². The van der Waals surface area contributed by atoms with Crippen LogP contribution in [0.15, 0.2) is 83.8 Å². The number of nitrogens with zero attached hydrogens (tertiary/aromatic N) is 6. The van der Waals surface area contributed by atoms with Crippen molar-refractivity contribution in [3.63, 3.8) is 0 Å². The van der Waals surface area contributed by atoms with Crippen molar-refractivity contribution in [2.45, 2.75) is 30.3 Å². The fraction of sp³-hybridized carbons (Fsp3) is 0.273. The van der Waals surface area contributed by atoms with E-state index >= 15 is 0 Å². The highest BCUT2D eigenvalue weighted by Gasteiger charge is 2.39. The zero-order chi connectivity index (χ0) is 32.3. The number of nitrogens with one attached hydrogen (secondary N) is 1. The highest BCUT2D eigenvalue weighted by molar-refractivity contribution is 7.89. The maximum absolute atomic E-state index is 14.4. The maximum Gasteiger partial charge on any atom is 0.243 e. The van der Waals surface area contributed by atoms with Crippen molar-refractivity contribution >= 4 is 27.6 Å². The van der Waals surface area contributed by atoms with Crippen molar-refractivity contribution in [3.8, 4) is 17.3 Å². The second-order valence-electron chi connectivity index (χ2n) is 11.1. The van der Waals surface area contributed by atoms with Gasteiger partial charge < -0.3 is 15.1 Å². The molecule has 1 N–H and O–H groups in total. The van der Waals surface area contributed by atoms with E-state index in [1.54, 1.807) is 48.5 Å². The number of carbonyl (C=O) groups is 1. The molecule has 2 aliphatic rings. The summed E-state index contributed by atoms with van der Waals surface area (Å²) in [6.45, 7) is 2.38. The molecule has 0 saturated carbocycles. The Hall–Kier alpha value is -4.93. The third kappa shape index (κ3) is 6.54. The summed E-state index contributed by atoms with van der Waals surface area (Å²) in [6, 6.07) is 21.1. The molecule has 1 aromatic heterocycles. The summed E-state index contributed by atoms with van der Waals surface area (Å²) in [5.74, 6) is -0.840. The second-order valence-corrected chi connectivity index (χ2v) is 13.0. The van der Waals surface area contributed by atoms with Gasteiger partial charge in [-0.05, 0) is 67.4 Å². The lowest BCUT2D eigenvalue weighted by Crippen LogP contribution is -2.47. The van der Waals surface area contributed by atoms with Gasteiger partial charge in [0.2, 0.25) is 21.9 Å². The third-order valence-electron chi connectivity index (χ3n) is 8.20. The summed E-state index contributed by atoms with van der Waals surface area (Å²) in [5, 5.41) is 12.1. The van der Waals surface area contributed by atoms with Gasteiger partial charge in [-0.1, -0.05) is 24.3 Å². The van der Waals surface area contributed by atoms with Gasteiger partial charge in [0.15, 0.2) is 0 Å². The Morgan fingerprint density at radius 2 is 1.61 bits per heavy atom. The van der Waals surface area contributed by atoms with Crippen molar-refractivity contribution in [3.05, 3.63) is 102 Å². The number of hydrogen-bond donors (Lipinski definition) is 1. The van der Waals surface area contributed by atoms with Crippen LogP contribution >= 0.6 is 0 Å². The highest BCUT2D eigenvalue weighted by atomic mass is 32.2. The highest BCUT2D eigenvalue weighted by Crippen LogP contribution is 2.28. The number of para-hydroxylation sites is 1. The van der Waals surface area contributed by atoms with Crippen LogP contribution in [0.1, 0.15) is 24.1 Å². The lowest BCUT2D eigenvalue weighted by Gasteiger charge is -2.36. The quantitative estimate of drug-likeness (QED) is 0.305. The van der Waals surface area contributed by atoms with Crippen LogP contribution in [0.3, 0.4) is 0 Å². The number of sulfonamides is 1. The Morgan fingerprint density at radius 1 is 0.913 bits per heavy atom. The summed E-state index contributed by atoms with van der Waals surface area (Å²) in [6.07, 6.45) is 0.863. The molecule has 0 aliphatic carbocycles. The van der Waals surface area contributed by atoms with E-state index in [0.717, 1.165) is 22.0 Å². The minimum absolute atomic E-state index is 0.0216. The Bertz CT molecular complexity index is 1870. The van der Waals surface area contributed by atoms with Gasteiger partial charge in [0.05, 0.1) is 40.1 Å². The number of benzene rings is 3. The fourth-order valence-corrected chi connectivity index (χ4v) is 7.42. The molecule has 2 saturated heterocycles. The van der Waals surface area contributed by atoms with Crippen LogP contribution in [0.5, 0.6) is 0 Å². The number of hydrogen-bond acceptors (Lipinski definition) is 8. The van der Waals surface area contributed by atoms with Crippen molar-refractivity contribution in [1.82, 2.24) is 19.6 Å². The molecule has 3 heterocycles. The number of halogens is 2. The lowest BCUT2D eigenvalue weighted by atomic mass is 10.1. The van der Waals surface area contributed by atoms with Gasteiger partial charge in [-0.3, -0.25) is 4.79 Å². The minimum atomic E-state index is -4.01. The van der Waals surface area contributed by atoms with Crippen LogP contribution in [0.4, 0.5) is 20.4 Å². The van der Waals surface area contributed by atoms with E-state index in [-0.39, 0.29) is 23.8 Å². The van der Waals surface area contributed by atoms with Gasteiger partial charge in [-0.2, -0.15) is 9.57 Å². The van der Waals surface area contributed by atoms with Gasteiger partial charge >= 0.3 is 0 Å². The van der Waals surface area contributed by atoms with E-state index in [4.69, 9.17) is 9.97 Å². The third-order valence-corrected chi connectivity index (χ3v) is 10.1. The zero-order valence-electron chi connectivity index (χ0n) is 24.8. The van der Waals surface area contributed by atoms with Gasteiger partial charge in [-0.25, -0.2) is 27.2 Å². The summed E-state index contributed by atoms with van der Waals surface area (Å²) >= 11 is 0. The number of aromatic nitrogens is 2. The minimum Gasteiger partial charge on any atom is -0.366 e. The van der Waals surface area contributed by atoms with E-state index < -0.39 is 27.8 Å². The number of rotatable bonds is 8. The predicted molar refractivity (Wildman–Crippen MR) is 168 cm³/mol. The zero-order valence-corrected chi connectivity index (χ0v) is 25.6. The molecule has 1 atom stereocenters. The van der Waals surface area contributed by atoms with E-state index in [0.29, 0.717) is 67.6 Å². The van der Waals surface area contributed by atoms with Gasteiger partial charge in [0, 0.05) is 38.3 Å². The van der Waals surface area contributed by atoms with E-state index in [2.05, 4.69) is 11.4 Å². The molecule has 0 radical (unpaired) electrons. The molecule has 46 heavy (non-hydrogen) atoms. The number of anilines is 2. The smallest absolute Gasteiger partial charge is 0.243 e. The van der Waals surface area contributed by atoms with Gasteiger partial charge in [-0.15, -0.1) is 0 Å². The Kier molecular flexibility index (Phi) is 8.92. The van der Waals surface area contributed by atoms with Crippen molar-refractivity contribution in [2.24, 2.45) is 0 Å². The van der Waals surface area contributed by atoms with Crippen LogP contribution in [0, 0.1) is 23.0 Å². The topological polar surface area (TPSA) is 123 Å². The molecule has 236 valence electrons. The number of carbonyl (C=O) groups excluding carboxylic acids is 1. The standard InChI is InChI=1S/C33H31F2N7O3S/c34-25-11-13-27(14-12-25)46(44,45)42-15-3-6-31(42)32(43)37-22-26-20-29(24-9-7-23(21-36)8-10-24)39-33(38-26)41-18-16-40(17-19-41)30-5-2-1-4-28(30)35/h1-2,4-5,7-14,20,31H,3,6,15-19,22H2,(H,37,43)/t31-/m0/s1.